The smallest absolute Gasteiger partial charge is 0.306 e. The lowest BCUT2D eigenvalue weighted by atomic mass is 9.83. The minimum absolute atomic E-state index is 0.0984. The molecule has 2 aliphatic rings. The summed E-state index contributed by atoms with van der Waals surface area (Å²) in [5.74, 6) is -0.274. The van der Waals surface area contributed by atoms with Crippen molar-refractivity contribution >= 4 is 11.9 Å². The van der Waals surface area contributed by atoms with Crippen LogP contribution in [0.2, 0.25) is 0 Å². The topological polar surface area (TPSA) is 65.1 Å². The molecular formula is C14H22O5. The first-order chi connectivity index (χ1) is 9.03. The fourth-order valence-corrected chi connectivity index (χ4v) is 2.59. The monoisotopic (exact) mass is 270 g/mol. The normalized spacial score (nSPS) is 32.3. The fraction of sp³-hybridized carbons (Fsp3) is 0.857. The maximum absolute atomic E-state index is 11.5. The van der Waals surface area contributed by atoms with E-state index in [-0.39, 0.29) is 30.4 Å². The molecule has 2 unspecified atom stereocenters. The highest BCUT2D eigenvalue weighted by Crippen LogP contribution is 2.49. The molecule has 0 aromatic carbocycles. The third-order valence-electron chi connectivity index (χ3n) is 3.95. The van der Waals surface area contributed by atoms with Crippen LogP contribution in [0.5, 0.6) is 0 Å². The van der Waals surface area contributed by atoms with Gasteiger partial charge in [0.1, 0.15) is 0 Å². The number of epoxide rings is 1. The van der Waals surface area contributed by atoms with Crippen molar-refractivity contribution in [3.63, 3.8) is 0 Å². The summed E-state index contributed by atoms with van der Waals surface area (Å²) in [6.07, 6.45) is 3.61. The first-order valence-electron chi connectivity index (χ1n) is 7.02. The molecule has 0 aromatic rings. The van der Waals surface area contributed by atoms with E-state index in [0.29, 0.717) is 25.2 Å². The van der Waals surface area contributed by atoms with Crippen molar-refractivity contribution in [3.8, 4) is 0 Å². The standard InChI is InChI=1S/C14H22O5/c1-3-17-12(15)4-5-13(16)18-9-10-6-7-14(2)11(8-10)19-14/h10-11H,3-9H2,1-2H3/t10?,11-,14?/m0/s1. The van der Waals surface area contributed by atoms with Crippen molar-refractivity contribution in [1.29, 1.82) is 0 Å². The van der Waals surface area contributed by atoms with Gasteiger partial charge >= 0.3 is 11.9 Å². The van der Waals surface area contributed by atoms with Gasteiger partial charge in [-0.15, -0.1) is 0 Å². The van der Waals surface area contributed by atoms with E-state index < -0.39 is 0 Å². The molecular weight excluding hydrogens is 248 g/mol. The van der Waals surface area contributed by atoms with Gasteiger partial charge in [0, 0.05) is 0 Å². The maximum Gasteiger partial charge on any atom is 0.306 e. The van der Waals surface area contributed by atoms with Crippen molar-refractivity contribution in [2.24, 2.45) is 5.92 Å². The van der Waals surface area contributed by atoms with Gasteiger partial charge in [-0.25, -0.2) is 0 Å². The molecule has 1 aliphatic carbocycles. The number of carbonyl (C=O) groups is 2. The van der Waals surface area contributed by atoms with Crippen LogP contribution in [-0.2, 0) is 23.8 Å². The van der Waals surface area contributed by atoms with E-state index in [4.69, 9.17) is 14.2 Å². The quantitative estimate of drug-likeness (QED) is 0.544. The predicted octanol–water partition coefficient (Wildman–Crippen LogP) is 1.83. The Morgan fingerprint density at radius 1 is 1.26 bits per heavy atom. The van der Waals surface area contributed by atoms with Crippen molar-refractivity contribution in [2.75, 3.05) is 13.2 Å². The van der Waals surface area contributed by atoms with Crippen LogP contribution < -0.4 is 0 Å². The molecule has 0 radical (unpaired) electrons. The van der Waals surface area contributed by atoms with Gasteiger partial charge in [-0.05, 0) is 39.0 Å². The summed E-state index contributed by atoms with van der Waals surface area (Å²) < 4.78 is 15.6. The molecule has 0 amide bonds. The number of hydrogen-bond donors (Lipinski definition) is 0. The van der Waals surface area contributed by atoms with E-state index in [1.165, 1.54) is 0 Å². The van der Waals surface area contributed by atoms with Crippen LogP contribution in [0.15, 0.2) is 0 Å². The van der Waals surface area contributed by atoms with Gasteiger partial charge in [0.05, 0.1) is 37.8 Å². The van der Waals surface area contributed by atoms with Crippen molar-refractivity contribution < 1.29 is 23.8 Å². The highest BCUT2D eigenvalue weighted by Gasteiger charge is 2.55. The van der Waals surface area contributed by atoms with Crippen LogP contribution in [0.1, 0.15) is 46.0 Å². The Balaban J connectivity index is 1.58. The second-order valence-electron chi connectivity index (χ2n) is 5.55. The zero-order valence-corrected chi connectivity index (χ0v) is 11.6. The Morgan fingerprint density at radius 3 is 2.58 bits per heavy atom. The Morgan fingerprint density at radius 2 is 1.95 bits per heavy atom. The molecule has 0 spiro atoms. The Kier molecular flexibility index (Phi) is 4.45. The van der Waals surface area contributed by atoms with Crippen LogP contribution in [-0.4, -0.2) is 36.9 Å². The summed E-state index contributed by atoms with van der Waals surface area (Å²) in [6, 6.07) is 0. The lowest BCUT2D eigenvalue weighted by Gasteiger charge is -2.21. The molecule has 2 fully saturated rings. The molecule has 0 aromatic heterocycles. The first-order valence-corrected chi connectivity index (χ1v) is 7.02. The van der Waals surface area contributed by atoms with E-state index in [1.807, 2.05) is 0 Å². The number of rotatable bonds is 6. The molecule has 5 heteroatoms. The minimum Gasteiger partial charge on any atom is -0.466 e. The van der Waals surface area contributed by atoms with Gasteiger partial charge in [0.15, 0.2) is 0 Å². The summed E-state index contributed by atoms with van der Waals surface area (Å²) in [4.78, 5) is 22.6. The van der Waals surface area contributed by atoms with E-state index >= 15 is 0 Å². The average Bonchev–Trinajstić information content (AvgIpc) is 3.05. The maximum atomic E-state index is 11.5. The molecule has 0 N–H and O–H groups in total. The van der Waals surface area contributed by atoms with E-state index in [2.05, 4.69) is 6.92 Å². The van der Waals surface area contributed by atoms with Gasteiger partial charge < -0.3 is 14.2 Å². The lowest BCUT2D eigenvalue weighted by molar-refractivity contribution is -0.151. The predicted molar refractivity (Wildman–Crippen MR) is 67.4 cm³/mol. The van der Waals surface area contributed by atoms with Crippen LogP contribution >= 0.6 is 0 Å². The minimum atomic E-state index is -0.348. The lowest BCUT2D eigenvalue weighted by Crippen LogP contribution is -2.25. The number of hydrogen-bond acceptors (Lipinski definition) is 5. The second-order valence-corrected chi connectivity index (χ2v) is 5.55. The van der Waals surface area contributed by atoms with Crippen LogP contribution in [0.25, 0.3) is 0 Å². The summed E-state index contributed by atoms with van der Waals surface area (Å²) >= 11 is 0. The number of carbonyl (C=O) groups excluding carboxylic acids is 2. The second kappa shape index (κ2) is 5.90. The van der Waals surface area contributed by atoms with Crippen molar-refractivity contribution in [2.45, 2.75) is 57.7 Å². The number of ether oxygens (including phenoxy) is 3. The Hall–Kier alpha value is -1.10. The summed E-state index contributed by atoms with van der Waals surface area (Å²) in [5, 5.41) is 0. The van der Waals surface area contributed by atoms with Gasteiger partial charge in [-0.1, -0.05) is 0 Å². The third-order valence-corrected chi connectivity index (χ3v) is 3.95. The van der Waals surface area contributed by atoms with E-state index in [1.54, 1.807) is 6.92 Å². The third kappa shape index (κ3) is 3.93. The summed E-state index contributed by atoms with van der Waals surface area (Å²) in [6.45, 7) is 4.67. The number of fused-ring (bicyclic) bond motifs is 1. The molecule has 0 bridgehead atoms. The fourth-order valence-electron chi connectivity index (χ4n) is 2.59. The molecule has 3 atom stereocenters. The molecule has 1 saturated heterocycles. The van der Waals surface area contributed by atoms with E-state index in [0.717, 1.165) is 19.3 Å². The zero-order valence-electron chi connectivity index (χ0n) is 11.6. The summed E-state index contributed by atoms with van der Waals surface area (Å²) in [7, 11) is 0. The van der Waals surface area contributed by atoms with Crippen LogP contribution in [0.4, 0.5) is 0 Å². The molecule has 1 saturated carbocycles. The van der Waals surface area contributed by atoms with Crippen LogP contribution in [0, 0.1) is 5.92 Å². The first kappa shape index (κ1) is 14.3. The SMILES string of the molecule is CCOC(=O)CCC(=O)OCC1CCC2(C)O[C@H]2C1. The number of esters is 2. The van der Waals surface area contributed by atoms with Crippen molar-refractivity contribution in [1.82, 2.24) is 0 Å². The molecule has 19 heavy (non-hydrogen) atoms. The van der Waals surface area contributed by atoms with Gasteiger partial charge in [-0.2, -0.15) is 0 Å². The van der Waals surface area contributed by atoms with Gasteiger partial charge in [0.2, 0.25) is 0 Å². The summed E-state index contributed by atoms with van der Waals surface area (Å²) in [5.41, 5.74) is 0.102. The molecule has 108 valence electrons. The molecule has 5 nitrogen and oxygen atoms in total. The highest BCUT2D eigenvalue weighted by molar-refractivity contribution is 5.77. The highest BCUT2D eigenvalue weighted by atomic mass is 16.6. The van der Waals surface area contributed by atoms with Crippen LogP contribution in [0.3, 0.4) is 0 Å². The van der Waals surface area contributed by atoms with Crippen molar-refractivity contribution in [3.05, 3.63) is 0 Å². The Bertz CT molecular complexity index is 354. The Labute approximate surface area is 113 Å². The molecule has 1 aliphatic heterocycles. The van der Waals surface area contributed by atoms with E-state index in [9.17, 15) is 9.59 Å². The van der Waals surface area contributed by atoms with Gasteiger partial charge in [-0.3, -0.25) is 9.59 Å². The largest absolute Gasteiger partial charge is 0.466 e. The zero-order chi connectivity index (χ0) is 13.9. The average molecular weight is 270 g/mol. The molecule has 2 rings (SSSR count). The van der Waals surface area contributed by atoms with Gasteiger partial charge in [0.25, 0.3) is 0 Å². The molecule has 1 heterocycles.